The molecule has 2 amide bonds. The van der Waals surface area contributed by atoms with Crippen molar-refractivity contribution in [2.24, 2.45) is 0 Å². The van der Waals surface area contributed by atoms with E-state index in [1.165, 1.54) is 6.07 Å². The van der Waals surface area contributed by atoms with E-state index in [-0.39, 0.29) is 29.9 Å². The van der Waals surface area contributed by atoms with Crippen molar-refractivity contribution in [3.63, 3.8) is 0 Å². The third kappa shape index (κ3) is 2.87. The van der Waals surface area contributed by atoms with Gasteiger partial charge in [-0.2, -0.15) is 0 Å². The quantitative estimate of drug-likeness (QED) is 0.671. The fourth-order valence-corrected chi connectivity index (χ4v) is 5.45. The van der Waals surface area contributed by atoms with Crippen LogP contribution in [0.5, 0.6) is 5.75 Å². The van der Waals surface area contributed by atoms with Gasteiger partial charge in [0.15, 0.2) is 11.4 Å². The Morgan fingerprint density at radius 3 is 2.84 bits per heavy atom. The standard InChI is InChI=1S/C23H24FN3O5/c1-12-4-5-13(14(24)8-12)10-25-21(31)16-17-15(28)9-23-6-2-3-7-26(11-23)22(32)18(27(17)23)20(30)19(16)29/h4-5,8,15,28,30H,2-3,6-7,9-11H2,1H3,(H,25,31)/t15-,23+/m1/s1. The van der Waals surface area contributed by atoms with Crippen LogP contribution in [0.25, 0.3) is 0 Å². The zero-order valence-electron chi connectivity index (χ0n) is 17.7. The molecule has 5 rings (SSSR count). The van der Waals surface area contributed by atoms with Crippen LogP contribution in [0, 0.1) is 12.7 Å². The Morgan fingerprint density at radius 1 is 1.31 bits per heavy atom. The van der Waals surface area contributed by atoms with Gasteiger partial charge in [-0.25, -0.2) is 4.39 Å². The van der Waals surface area contributed by atoms with Crippen molar-refractivity contribution in [1.29, 1.82) is 0 Å². The number of hydrogen-bond donors (Lipinski definition) is 3. The molecule has 8 nitrogen and oxygen atoms in total. The number of aliphatic hydroxyl groups excluding tert-OH is 1. The van der Waals surface area contributed by atoms with Gasteiger partial charge in [-0.05, 0) is 37.8 Å². The number of nitrogens with one attached hydrogen (secondary N) is 1. The second kappa shape index (κ2) is 7.16. The van der Waals surface area contributed by atoms with E-state index in [2.05, 4.69) is 5.32 Å². The molecule has 3 aliphatic rings. The molecule has 2 atom stereocenters. The van der Waals surface area contributed by atoms with Crippen LogP contribution in [-0.4, -0.2) is 44.6 Å². The van der Waals surface area contributed by atoms with Crippen LogP contribution in [0.2, 0.25) is 0 Å². The summed E-state index contributed by atoms with van der Waals surface area (Å²) >= 11 is 0. The van der Waals surface area contributed by atoms with Gasteiger partial charge in [0.25, 0.3) is 11.8 Å². The Kier molecular flexibility index (Phi) is 4.63. The van der Waals surface area contributed by atoms with E-state index in [4.69, 9.17) is 0 Å². The minimum Gasteiger partial charge on any atom is -0.503 e. The molecule has 168 valence electrons. The summed E-state index contributed by atoms with van der Waals surface area (Å²) in [6.45, 7) is 2.46. The number of halogens is 1. The lowest BCUT2D eigenvalue weighted by Gasteiger charge is -2.41. The average molecular weight is 441 g/mol. The van der Waals surface area contributed by atoms with Crippen LogP contribution in [-0.2, 0) is 12.1 Å². The Balaban J connectivity index is 1.60. The van der Waals surface area contributed by atoms with Crippen LogP contribution in [0.4, 0.5) is 4.39 Å². The van der Waals surface area contributed by atoms with Gasteiger partial charge in [0.1, 0.15) is 11.4 Å². The topological polar surface area (TPSA) is 112 Å². The molecular formula is C23H24FN3O5. The van der Waals surface area contributed by atoms with Gasteiger partial charge >= 0.3 is 0 Å². The number of carbonyl (C=O) groups is 2. The second-order valence-corrected chi connectivity index (χ2v) is 9.03. The maximum atomic E-state index is 14.2. The highest BCUT2D eigenvalue weighted by atomic mass is 19.1. The van der Waals surface area contributed by atoms with Crippen LogP contribution in [0.15, 0.2) is 23.0 Å². The van der Waals surface area contributed by atoms with E-state index < -0.39 is 46.0 Å². The number of amides is 2. The molecule has 1 saturated heterocycles. The number of aromatic hydroxyl groups is 1. The van der Waals surface area contributed by atoms with Gasteiger partial charge in [0.2, 0.25) is 5.43 Å². The molecule has 1 spiro atoms. The Hall–Kier alpha value is -3.20. The summed E-state index contributed by atoms with van der Waals surface area (Å²) < 4.78 is 15.7. The molecule has 2 bridgehead atoms. The zero-order valence-corrected chi connectivity index (χ0v) is 17.7. The van der Waals surface area contributed by atoms with E-state index in [0.717, 1.165) is 18.4 Å². The van der Waals surface area contributed by atoms with Crippen LogP contribution in [0.3, 0.4) is 0 Å². The van der Waals surface area contributed by atoms with Crippen molar-refractivity contribution in [2.45, 2.75) is 50.8 Å². The number of aromatic nitrogens is 1. The molecule has 0 aliphatic carbocycles. The number of carbonyl (C=O) groups excluding carboxylic acids is 2. The maximum absolute atomic E-state index is 14.2. The molecule has 1 aromatic carbocycles. The number of nitrogens with zero attached hydrogens (tertiary/aromatic N) is 2. The molecule has 2 aromatic rings. The van der Waals surface area contributed by atoms with E-state index in [1.807, 2.05) is 0 Å². The lowest BCUT2D eigenvalue weighted by molar-refractivity contribution is 0.0549. The van der Waals surface area contributed by atoms with Gasteiger partial charge < -0.3 is 25.0 Å². The number of benzene rings is 1. The zero-order chi connectivity index (χ0) is 22.8. The Morgan fingerprint density at radius 2 is 2.09 bits per heavy atom. The molecule has 4 heterocycles. The minimum absolute atomic E-state index is 0.0552. The number of rotatable bonds is 3. The number of aliphatic hydroxyl groups is 1. The summed E-state index contributed by atoms with van der Waals surface area (Å²) in [4.78, 5) is 40.7. The van der Waals surface area contributed by atoms with E-state index in [9.17, 15) is 29.0 Å². The number of aryl methyl sites for hydroxylation is 1. The van der Waals surface area contributed by atoms with Crippen molar-refractivity contribution < 1.29 is 24.2 Å². The predicted octanol–water partition coefficient (Wildman–Crippen LogP) is 1.70. The SMILES string of the molecule is Cc1ccc(CNC(=O)c2c3n4c(c(O)c2=O)C(=O)N2CCCC[C@]4(C[C@H]3O)C2)c(F)c1. The fourth-order valence-electron chi connectivity index (χ4n) is 5.45. The number of pyridine rings is 1. The summed E-state index contributed by atoms with van der Waals surface area (Å²) in [5.41, 5.74) is -1.19. The molecule has 1 fully saturated rings. The Bertz CT molecular complexity index is 1220. The van der Waals surface area contributed by atoms with Gasteiger partial charge in [-0.3, -0.25) is 14.4 Å². The van der Waals surface area contributed by atoms with Gasteiger partial charge in [-0.15, -0.1) is 0 Å². The van der Waals surface area contributed by atoms with Crippen LogP contribution >= 0.6 is 0 Å². The van der Waals surface area contributed by atoms with Gasteiger partial charge in [-0.1, -0.05) is 12.1 Å². The maximum Gasteiger partial charge on any atom is 0.274 e. The highest BCUT2D eigenvalue weighted by Gasteiger charge is 2.53. The predicted molar refractivity (Wildman–Crippen MR) is 112 cm³/mol. The number of hydrogen-bond acceptors (Lipinski definition) is 5. The molecule has 0 radical (unpaired) electrons. The third-order valence-electron chi connectivity index (χ3n) is 6.92. The van der Waals surface area contributed by atoms with Crippen molar-refractivity contribution >= 4 is 11.8 Å². The van der Waals surface area contributed by atoms with Gasteiger partial charge in [0, 0.05) is 31.6 Å². The first-order chi connectivity index (χ1) is 15.2. The highest BCUT2D eigenvalue weighted by Crippen LogP contribution is 2.49. The summed E-state index contributed by atoms with van der Waals surface area (Å²) in [6, 6.07) is 4.60. The molecule has 3 N–H and O–H groups in total. The lowest BCUT2D eigenvalue weighted by atomic mass is 9.88. The largest absolute Gasteiger partial charge is 0.503 e. The first-order valence-electron chi connectivity index (χ1n) is 10.8. The summed E-state index contributed by atoms with van der Waals surface area (Å²) in [5.74, 6) is -2.56. The van der Waals surface area contributed by atoms with Crippen molar-refractivity contribution in [3.8, 4) is 5.75 Å². The van der Waals surface area contributed by atoms with Gasteiger partial charge in [0.05, 0.1) is 17.3 Å². The Labute approximate surface area is 183 Å². The van der Waals surface area contributed by atoms with Crippen molar-refractivity contribution in [2.75, 3.05) is 13.1 Å². The molecular weight excluding hydrogens is 417 g/mol. The first-order valence-corrected chi connectivity index (χ1v) is 10.8. The average Bonchev–Trinajstić information content (AvgIpc) is 2.90. The normalized spacial score (nSPS) is 23.7. The van der Waals surface area contributed by atoms with Crippen molar-refractivity contribution in [3.05, 3.63) is 62.3 Å². The first kappa shape index (κ1) is 20.7. The summed E-state index contributed by atoms with van der Waals surface area (Å²) in [6.07, 6.45) is 1.38. The fraction of sp³-hybridized carbons (Fsp3) is 0.435. The molecule has 32 heavy (non-hydrogen) atoms. The van der Waals surface area contributed by atoms with Crippen LogP contribution in [0.1, 0.15) is 69.5 Å². The smallest absolute Gasteiger partial charge is 0.274 e. The second-order valence-electron chi connectivity index (χ2n) is 9.03. The van der Waals surface area contributed by atoms with E-state index >= 15 is 0 Å². The van der Waals surface area contributed by atoms with E-state index in [0.29, 0.717) is 19.5 Å². The monoisotopic (exact) mass is 441 g/mol. The summed E-state index contributed by atoms with van der Waals surface area (Å²) in [7, 11) is 0. The molecule has 1 aromatic heterocycles. The highest BCUT2D eigenvalue weighted by molar-refractivity contribution is 6.00. The molecule has 9 heteroatoms. The minimum atomic E-state index is -1.13. The molecule has 3 aliphatic heterocycles. The third-order valence-corrected chi connectivity index (χ3v) is 6.92. The number of fused-ring (bicyclic) bond motifs is 1. The summed E-state index contributed by atoms with van der Waals surface area (Å²) in [5, 5.41) is 24.1. The van der Waals surface area contributed by atoms with Crippen LogP contribution < -0.4 is 10.7 Å². The van der Waals surface area contributed by atoms with E-state index in [1.54, 1.807) is 28.5 Å². The molecule has 0 unspecified atom stereocenters. The lowest BCUT2D eigenvalue weighted by Crippen LogP contribution is -2.52. The molecule has 0 saturated carbocycles. The van der Waals surface area contributed by atoms with Crippen molar-refractivity contribution in [1.82, 2.24) is 14.8 Å².